The van der Waals surface area contributed by atoms with Crippen molar-refractivity contribution in [2.45, 2.75) is 19.5 Å². The molecule has 2 aliphatic heterocycles. The van der Waals surface area contributed by atoms with Crippen LogP contribution in [0.1, 0.15) is 17.5 Å². The van der Waals surface area contributed by atoms with Gasteiger partial charge in [-0.3, -0.25) is 5.32 Å². The molecule has 84 valence electrons. The molecule has 3 rings (SSSR count). The van der Waals surface area contributed by atoms with Crippen molar-refractivity contribution in [2.75, 3.05) is 19.0 Å². The minimum atomic E-state index is 0.295. The van der Waals surface area contributed by atoms with Crippen LogP contribution in [0, 0.1) is 6.92 Å². The second-order valence-corrected chi connectivity index (χ2v) is 4.37. The van der Waals surface area contributed by atoms with Gasteiger partial charge in [0, 0.05) is 12.1 Å². The van der Waals surface area contributed by atoms with Gasteiger partial charge in [-0.15, -0.1) is 0 Å². The summed E-state index contributed by atoms with van der Waals surface area (Å²) in [6.07, 6.45) is 3.73. The van der Waals surface area contributed by atoms with Crippen LogP contribution in [0.3, 0.4) is 0 Å². The number of rotatable bonds is 1. The Labute approximate surface area is 95.5 Å². The molecule has 2 heterocycles. The number of anilines is 1. The third-order valence-electron chi connectivity index (χ3n) is 3.40. The first kappa shape index (κ1) is 9.73. The molecular formula is C13H16N2O. The average Bonchev–Trinajstić information content (AvgIpc) is 2.75. The van der Waals surface area contributed by atoms with Crippen molar-refractivity contribution in [3.63, 3.8) is 0 Å². The largest absolute Gasteiger partial charge is 0.495 e. The van der Waals surface area contributed by atoms with E-state index < -0.39 is 0 Å². The Bertz CT molecular complexity index is 465. The van der Waals surface area contributed by atoms with E-state index in [9.17, 15) is 0 Å². The molecule has 3 nitrogen and oxygen atoms in total. The van der Waals surface area contributed by atoms with Gasteiger partial charge in [0.2, 0.25) is 0 Å². The smallest absolute Gasteiger partial charge is 0.142 e. The molecule has 0 aliphatic carbocycles. The van der Waals surface area contributed by atoms with E-state index in [0.717, 1.165) is 24.4 Å². The van der Waals surface area contributed by atoms with Crippen molar-refractivity contribution in [3.8, 4) is 5.75 Å². The summed E-state index contributed by atoms with van der Waals surface area (Å²) in [4.78, 5) is 0. The summed E-state index contributed by atoms with van der Waals surface area (Å²) in [5, 5.41) is 6.95. The first-order valence-electron chi connectivity index (χ1n) is 5.67. The lowest BCUT2D eigenvalue weighted by Crippen LogP contribution is -2.33. The van der Waals surface area contributed by atoms with Gasteiger partial charge in [-0.2, -0.15) is 0 Å². The molecule has 0 unspecified atom stereocenters. The first-order chi connectivity index (χ1) is 7.79. The van der Waals surface area contributed by atoms with Gasteiger partial charge in [0.1, 0.15) is 5.75 Å². The highest BCUT2D eigenvalue weighted by Crippen LogP contribution is 2.38. The summed E-state index contributed by atoms with van der Waals surface area (Å²) >= 11 is 0. The van der Waals surface area contributed by atoms with Crippen LogP contribution in [0.15, 0.2) is 17.7 Å². The molecule has 0 radical (unpaired) electrons. The van der Waals surface area contributed by atoms with E-state index in [-0.39, 0.29) is 0 Å². The fourth-order valence-electron chi connectivity index (χ4n) is 2.47. The van der Waals surface area contributed by atoms with Crippen LogP contribution in [0.4, 0.5) is 5.69 Å². The fraction of sp³-hybridized carbons (Fsp3) is 0.385. The molecule has 2 N–H and O–H groups in total. The Morgan fingerprint density at radius 1 is 1.38 bits per heavy atom. The zero-order chi connectivity index (χ0) is 11.1. The Hall–Kier alpha value is -1.48. The number of ether oxygens (including phenoxy) is 1. The van der Waals surface area contributed by atoms with Gasteiger partial charge in [0.25, 0.3) is 0 Å². The number of benzene rings is 1. The third-order valence-corrected chi connectivity index (χ3v) is 3.40. The van der Waals surface area contributed by atoms with Crippen molar-refractivity contribution in [1.82, 2.24) is 5.32 Å². The van der Waals surface area contributed by atoms with Crippen molar-refractivity contribution >= 4 is 11.8 Å². The molecule has 16 heavy (non-hydrogen) atoms. The Morgan fingerprint density at radius 3 is 3.06 bits per heavy atom. The highest BCUT2D eigenvalue weighted by molar-refractivity contribution is 5.80. The highest BCUT2D eigenvalue weighted by atomic mass is 16.5. The fourth-order valence-corrected chi connectivity index (χ4v) is 2.47. The summed E-state index contributed by atoms with van der Waals surface area (Å²) in [6.45, 7) is 3.19. The summed E-state index contributed by atoms with van der Waals surface area (Å²) < 4.78 is 5.40. The van der Waals surface area contributed by atoms with Crippen LogP contribution in [-0.2, 0) is 0 Å². The summed E-state index contributed by atoms with van der Waals surface area (Å²) in [6, 6.07) is 4.13. The topological polar surface area (TPSA) is 33.3 Å². The van der Waals surface area contributed by atoms with Crippen molar-refractivity contribution in [2.24, 2.45) is 0 Å². The van der Waals surface area contributed by atoms with Gasteiger partial charge in [-0.05, 0) is 36.6 Å². The van der Waals surface area contributed by atoms with E-state index in [1.165, 1.54) is 16.7 Å². The quantitative estimate of drug-likeness (QED) is 0.754. The van der Waals surface area contributed by atoms with Gasteiger partial charge in [0.15, 0.2) is 0 Å². The number of nitrogens with one attached hydrogen (secondary N) is 2. The molecule has 1 saturated heterocycles. The third kappa shape index (κ3) is 1.32. The Balaban J connectivity index is 2.15. The van der Waals surface area contributed by atoms with Crippen molar-refractivity contribution < 1.29 is 4.74 Å². The minimum Gasteiger partial charge on any atom is -0.495 e. The number of aryl methyl sites for hydroxylation is 1. The maximum atomic E-state index is 5.40. The SMILES string of the molecule is COc1ccc(C)c2c1N[C@H]1NCCC1=C2. The second kappa shape index (κ2) is 3.52. The first-order valence-corrected chi connectivity index (χ1v) is 5.67. The van der Waals surface area contributed by atoms with Crippen LogP contribution < -0.4 is 15.4 Å². The van der Waals surface area contributed by atoms with E-state index in [4.69, 9.17) is 4.74 Å². The van der Waals surface area contributed by atoms with Crippen LogP contribution >= 0.6 is 0 Å². The van der Waals surface area contributed by atoms with Gasteiger partial charge in [-0.25, -0.2) is 0 Å². The zero-order valence-electron chi connectivity index (χ0n) is 9.63. The molecule has 0 bridgehead atoms. The van der Waals surface area contributed by atoms with Crippen LogP contribution in [0.5, 0.6) is 5.75 Å². The lowest BCUT2D eigenvalue weighted by Gasteiger charge is -2.26. The summed E-state index contributed by atoms with van der Waals surface area (Å²) in [5.74, 6) is 0.921. The van der Waals surface area contributed by atoms with E-state index in [1.54, 1.807) is 7.11 Å². The van der Waals surface area contributed by atoms with E-state index in [1.807, 2.05) is 6.07 Å². The molecule has 1 fully saturated rings. The maximum absolute atomic E-state index is 5.40. The van der Waals surface area contributed by atoms with E-state index >= 15 is 0 Å². The standard InChI is InChI=1S/C13H16N2O/c1-8-3-4-11(16-2)12-10(8)7-9-5-6-14-13(9)15-12/h3-4,7,13-15H,5-6H2,1-2H3/t13-/m1/s1. The number of hydrogen-bond donors (Lipinski definition) is 2. The lowest BCUT2D eigenvalue weighted by molar-refractivity contribution is 0.415. The lowest BCUT2D eigenvalue weighted by atomic mass is 9.97. The van der Waals surface area contributed by atoms with Crippen LogP contribution in [-0.4, -0.2) is 19.8 Å². The summed E-state index contributed by atoms with van der Waals surface area (Å²) in [7, 11) is 1.72. The molecule has 1 aromatic rings. The van der Waals surface area contributed by atoms with Crippen molar-refractivity contribution in [3.05, 3.63) is 28.8 Å². The predicted octanol–water partition coefficient (Wildman–Crippen LogP) is 2.13. The van der Waals surface area contributed by atoms with Gasteiger partial charge in [-0.1, -0.05) is 6.07 Å². The van der Waals surface area contributed by atoms with Gasteiger partial charge >= 0.3 is 0 Å². The number of methoxy groups -OCH3 is 1. The Morgan fingerprint density at radius 2 is 2.25 bits per heavy atom. The monoisotopic (exact) mass is 216 g/mol. The summed E-state index contributed by atoms with van der Waals surface area (Å²) in [5.41, 5.74) is 5.13. The molecule has 2 aliphatic rings. The highest BCUT2D eigenvalue weighted by Gasteiger charge is 2.26. The molecular weight excluding hydrogens is 200 g/mol. The molecule has 3 heteroatoms. The van der Waals surface area contributed by atoms with E-state index in [2.05, 4.69) is 29.7 Å². The molecule has 1 atom stereocenters. The number of fused-ring (bicyclic) bond motifs is 2. The molecule has 0 spiro atoms. The maximum Gasteiger partial charge on any atom is 0.142 e. The molecule has 1 aromatic carbocycles. The predicted molar refractivity (Wildman–Crippen MR) is 65.7 cm³/mol. The molecule has 0 aromatic heterocycles. The van der Waals surface area contributed by atoms with E-state index in [0.29, 0.717) is 6.17 Å². The normalized spacial score (nSPS) is 21.9. The van der Waals surface area contributed by atoms with Crippen LogP contribution in [0.25, 0.3) is 6.08 Å². The molecule has 0 saturated carbocycles. The molecule has 0 amide bonds. The Kier molecular flexibility index (Phi) is 2.14. The van der Waals surface area contributed by atoms with Crippen LogP contribution in [0.2, 0.25) is 0 Å². The minimum absolute atomic E-state index is 0.295. The van der Waals surface area contributed by atoms with Gasteiger partial charge < -0.3 is 10.1 Å². The second-order valence-electron chi connectivity index (χ2n) is 4.37. The van der Waals surface area contributed by atoms with Gasteiger partial charge in [0.05, 0.1) is 19.0 Å². The zero-order valence-corrected chi connectivity index (χ0v) is 9.63. The average molecular weight is 216 g/mol. The number of hydrogen-bond acceptors (Lipinski definition) is 3. The van der Waals surface area contributed by atoms with Crippen molar-refractivity contribution in [1.29, 1.82) is 0 Å².